The summed E-state index contributed by atoms with van der Waals surface area (Å²) in [6.45, 7) is 3.23. The van der Waals surface area contributed by atoms with E-state index in [2.05, 4.69) is 36.5 Å². The summed E-state index contributed by atoms with van der Waals surface area (Å²) < 4.78 is 11.0. The van der Waals surface area contributed by atoms with E-state index in [-0.39, 0.29) is 0 Å². The standard InChI is InChI=1S/C14H21NOS/c1-11(7-8-17(2)16)15-10-13-9-12-5-3-4-6-14(12)13/h3-6,11,13,15H,7-10H2,1-2H3. The van der Waals surface area contributed by atoms with Gasteiger partial charge in [0.05, 0.1) is 0 Å². The highest BCUT2D eigenvalue weighted by atomic mass is 32.2. The van der Waals surface area contributed by atoms with Gasteiger partial charge in [-0.15, -0.1) is 0 Å². The SMILES string of the molecule is CC(CCS(C)=O)NCC1Cc2ccccc21. The van der Waals surface area contributed by atoms with E-state index in [9.17, 15) is 4.21 Å². The molecule has 2 rings (SSSR count). The Morgan fingerprint density at radius 3 is 2.94 bits per heavy atom. The maximum atomic E-state index is 11.0. The fraction of sp³-hybridized carbons (Fsp3) is 0.571. The molecule has 3 atom stereocenters. The first kappa shape index (κ1) is 12.8. The van der Waals surface area contributed by atoms with Crippen LogP contribution in [0.1, 0.15) is 30.4 Å². The molecular formula is C14H21NOS. The molecule has 2 nitrogen and oxygen atoms in total. The number of nitrogens with one attached hydrogen (secondary N) is 1. The van der Waals surface area contributed by atoms with Gasteiger partial charge in [-0.2, -0.15) is 0 Å². The molecule has 0 amide bonds. The Kier molecular flexibility index (Phi) is 4.35. The molecule has 0 heterocycles. The molecule has 1 N–H and O–H groups in total. The fourth-order valence-corrected chi connectivity index (χ4v) is 3.02. The summed E-state index contributed by atoms with van der Waals surface area (Å²) in [4.78, 5) is 0. The van der Waals surface area contributed by atoms with Crippen molar-refractivity contribution < 1.29 is 4.21 Å². The molecule has 0 bridgehead atoms. The van der Waals surface area contributed by atoms with Crippen molar-refractivity contribution in [1.82, 2.24) is 5.32 Å². The van der Waals surface area contributed by atoms with Gasteiger partial charge in [0.15, 0.2) is 0 Å². The minimum Gasteiger partial charge on any atom is -0.314 e. The van der Waals surface area contributed by atoms with E-state index >= 15 is 0 Å². The Balaban J connectivity index is 1.72. The van der Waals surface area contributed by atoms with Gasteiger partial charge < -0.3 is 5.32 Å². The first-order valence-corrected chi connectivity index (χ1v) is 8.00. The molecule has 0 aromatic heterocycles. The van der Waals surface area contributed by atoms with Crippen LogP contribution in [-0.4, -0.2) is 28.8 Å². The van der Waals surface area contributed by atoms with Gasteiger partial charge in [0.25, 0.3) is 0 Å². The lowest BCUT2D eigenvalue weighted by Crippen LogP contribution is -2.35. The second-order valence-electron chi connectivity index (χ2n) is 4.98. The molecule has 0 radical (unpaired) electrons. The highest BCUT2D eigenvalue weighted by Gasteiger charge is 2.25. The predicted molar refractivity (Wildman–Crippen MR) is 73.9 cm³/mol. The lowest BCUT2D eigenvalue weighted by molar-refractivity contribution is 0.472. The summed E-state index contributed by atoms with van der Waals surface area (Å²) in [5.74, 6) is 1.48. The van der Waals surface area contributed by atoms with Crippen LogP contribution in [0.25, 0.3) is 0 Å². The lowest BCUT2D eigenvalue weighted by Gasteiger charge is -2.31. The molecule has 1 aromatic carbocycles. The summed E-state index contributed by atoms with van der Waals surface area (Å²) in [7, 11) is -0.664. The molecule has 0 saturated heterocycles. The molecule has 1 aliphatic rings. The van der Waals surface area contributed by atoms with E-state index in [0.717, 1.165) is 18.7 Å². The molecule has 3 unspecified atom stereocenters. The highest BCUT2D eigenvalue weighted by Crippen LogP contribution is 2.34. The summed E-state index contributed by atoms with van der Waals surface area (Å²) in [6, 6.07) is 9.15. The molecule has 0 aliphatic heterocycles. The number of fused-ring (bicyclic) bond motifs is 1. The number of rotatable bonds is 6. The van der Waals surface area contributed by atoms with Crippen molar-refractivity contribution in [2.45, 2.75) is 31.7 Å². The van der Waals surface area contributed by atoms with Crippen molar-refractivity contribution in [3.63, 3.8) is 0 Å². The third-order valence-corrected chi connectivity index (χ3v) is 4.32. The third-order valence-electron chi connectivity index (χ3n) is 3.51. The quantitative estimate of drug-likeness (QED) is 0.838. The van der Waals surface area contributed by atoms with Crippen molar-refractivity contribution >= 4 is 10.8 Å². The molecule has 1 aromatic rings. The van der Waals surface area contributed by atoms with Gasteiger partial charge in [0, 0.05) is 41.3 Å². The molecule has 0 spiro atoms. The Hall–Kier alpha value is -0.670. The third kappa shape index (κ3) is 3.39. The van der Waals surface area contributed by atoms with E-state index < -0.39 is 10.8 Å². The molecular weight excluding hydrogens is 230 g/mol. The van der Waals surface area contributed by atoms with Gasteiger partial charge in [-0.25, -0.2) is 0 Å². The second-order valence-corrected chi connectivity index (χ2v) is 6.53. The van der Waals surface area contributed by atoms with Gasteiger partial charge >= 0.3 is 0 Å². The van der Waals surface area contributed by atoms with Crippen LogP contribution >= 0.6 is 0 Å². The van der Waals surface area contributed by atoms with Crippen LogP contribution in [0.15, 0.2) is 24.3 Å². The summed E-state index contributed by atoms with van der Waals surface area (Å²) in [6.07, 6.45) is 3.97. The van der Waals surface area contributed by atoms with Gasteiger partial charge in [0.1, 0.15) is 0 Å². The second kappa shape index (κ2) is 5.78. The molecule has 1 aliphatic carbocycles. The van der Waals surface area contributed by atoms with Gasteiger partial charge in [-0.1, -0.05) is 24.3 Å². The Bertz CT molecular complexity index is 405. The first-order valence-electron chi connectivity index (χ1n) is 6.28. The van der Waals surface area contributed by atoms with Crippen LogP contribution in [0.4, 0.5) is 0 Å². The average Bonchev–Trinajstić information content (AvgIpc) is 2.27. The summed E-state index contributed by atoms with van der Waals surface area (Å²) >= 11 is 0. The van der Waals surface area contributed by atoms with Gasteiger partial charge in [0.2, 0.25) is 0 Å². The van der Waals surface area contributed by atoms with Crippen molar-refractivity contribution in [2.24, 2.45) is 0 Å². The fourth-order valence-electron chi connectivity index (χ4n) is 2.33. The Morgan fingerprint density at radius 1 is 1.47 bits per heavy atom. The smallest absolute Gasteiger partial charge is 0.0246 e. The zero-order chi connectivity index (χ0) is 12.3. The van der Waals surface area contributed by atoms with Crippen molar-refractivity contribution in [1.29, 1.82) is 0 Å². The van der Waals surface area contributed by atoms with Gasteiger partial charge in [-0.05, 0) is 30.9 Å². The van der Waals surface area contributed by atoms with Crippen LogP contribution in [0.2, 0.25) is 0 Å². The van der Waals surface area contributed by atoms with E-state index in [4.69, 9.17) is 0 Å². The molecule has 3 heteroatoms. The minimum atomic E-state index is -0.664. The zero-order valence-corrected chi connectivity index (χ0v) is 11.4. The van der Waals surface area contributed by atoms with Gasteiger partial charge in [-0.3, -0.25) is 4.21 Å². The first-order chi connectivity index (χ1) is 8.16. The topological polar surface area (TPSA) is 29.1 Å². The van der Waals surface area contributed by atoms with Crippen LogP contribution in [-0.2, 0) is 17.2 Å². The predicted octanol–water partition coefficient (Wildman–Crippen LogP) is 2.07. The average molecular weight is 251 g/mol. The van der Waals surface area contributed by atoms with Crippen molar-refractivity contribution in [3.05, 3.63) is 35.4 Å². The largest absolute Gasteiger partial charge is 0.314 e. The normalized spacial score (nSPS) is 21.4. The molecule has 94 valence electrons. The lowest BCUT2D eigenvalue weighted by atomic mass is 9.77. The van der Waals surface area contributed by atoms with Crippen LogP contribution in [0.5, 0.6) is 0 Å². The maximum Gasteiger partial charge on any atom is 0.0246 e. The Labute approximate surface area is 106 Å². The minimum absolute atomic E-state index is 0.465. The van der Waals surface area contributed by atoms with E-state index in [1.54, 1.807) is 6.26 Å². The molecule has 0 fully saturated rings. The monoisotopic (exact) mass is 251 g/mol. The molecule has 0 saturated carbocycles. The number of hydrogen-bond donors (Lipinski definition) is 1. The highest BCUT2D eigenvalue weighted by molar-refractivity contribution is 7.84. The van der Waals surface area contributed by atoms with Crippen molar-refractivity contribution in [3.8, 4) is 0 Å². The zero-order valence-electron chi connectivity index (χ0n) is 10.6. The number of hydrogen-bond acceptors (Lipinski definition) is 2. The van der Waals surface area contributed by atoms with Crippen LogP contribution in [0, 0.1) is 0 Å². The van der Waals surface area contributed by atoms with E-state index in [1.807, 2.05) is 0 Å². The summed E-state index contributed by atoms with van der Waals surface area (Å²) in [5, 5.41) is 3.55. The maximum absolute atomic E-state index is 11.0. The summed E-state index contributed by atoms with van der Waals surface area (Å²) in [5.41, 5.74) is 3.01. The Morgan fingerprint density at radius 2 is 2.24 bits per heavy atom. The van der Waals surface area contributed by atoms with Crippen molar-refractivity contribution in [2.75, 3.05) is 18.6 Å². The van der Waals surface area contributed by atoms with Crippen LogP contribution in [0.3, 0.4) is 0 Å². The van der Waals surface area contributed by atoms with E-state index in [0.29, 0.717) is 12.0 Å². The number of benzene rings is 1. The van der Waals surface area contributed by atoms with Crippen LogP contribution < -0.4 is 5.32 Å². The molecule has 17 heavy (non-hydrogen) atoms. The van der Waals surface area contributed by atoms with E-state index in [1.165, 1.54) is 17.5 Å².